The smallest absolute Gasteiger partial charge is 0.239 e. The van der Waals surface area contributed by atoms with Gasteiger partial charge in [-0.3, -0.25) is 9.69 Å². The first kappa shape index (κ1) is 24.1. The number of halogens is 3. The lowest BCUT2D eigenvalue weighted by atomic mass is 10.2. The van der Waals surface area contributed by atoms with Crippen LogP contribution in [0.3, 0.4) is 0 Å². The van der Waals surface area contributed by atoms with Gasteiger partial charge in [0, 0.05) is 64.8 Å². The van der Waals surface area contributed by atoms with E-state index in [2.05, 4.69) is 25.1 Å². The molecule has 1 unspecified atom stereocenters. The van der Waals surface area contributed by atoms with E-state index in [1.165, 1.54) is 0 Å². The van der Waals surface area contributed by atoms with Crippen molar-refractivity contribution in [1.82, 2.24) is 25.1 Å². The number of hydrogen-bond acceptors (Lipinski definition) is 6. The molecule has 2 aliphatic rings. The molecule has 0 bridgehead atoms. The lowest BCUT2D eigenvalue weighted by molar-refractivity contribution is -0.137. The molecule has 1 amide bonds. The third-order valence-corrected chi connectivity index (χ3v) is 4.48. The molecule has 7 nitrogen and oxygen atoms in total. The highest BCUT2D eigenvalue weighted by Crippen LogP contribution is 2.12. The van der Waals surface area contributed by atoms with Crippen molar-refractivity contribution in [1.29, 1.82) is 0 Å². The Balaban J connectivity index is 0.00000192. The number of nitrogens with zero attached hydrogens (tertiary/aromatic N) is 5. The molecule has 3 heterocycles. The molecule has 1 atom stereocenters. The highest BCUT2D eigenvalue weighted by molar-refractivity contribution is 5.86. The van der Waals surface area contributed by atoms with Crippen LogP contribution in [0.1, 0.15) is 6.92 Å². The Morgan fingerprint density at radius 3 is 2.12 bits per heavy atom. The summed E-state index contributed by atoms with van der Waals surface area (Å²) in [5, 5.41) is 3.32. The van der Waals surface area contributed by atoms with Crippen molar-refractivity contribution in [3.63, 3.8) is 0 Å². The standard InChI is InChI=1S/C15H24N6O.3ClH/c1-13(19-7-5-16-6-8-19)14(22)20-9-11-21(12-10-20)15-17-3-2-4-18-15;;;/h2-4,13,16H,5-12H2,1H3;3*1H. The van der Waals surface area contributed by atoms with E-state index in [0.29, 0.717) is 0 Å². The van der Waals surface area contributed by atoms with Crippen LogP contribution in [0.2, 0.25) is 0 Å². The third-order valence-electron chi connectivity index (χ3n) is 4.48. The molecule has 2 aliphatic heterocycles. The van der Waals surface area contributed by atoms with E-state index in [4.69, 9.17) is 0 Å². The zero-order valence-electron chi connectivity index (χ0n) is 14.3. The zero-order valence-corrected chi connectivity index (χ0v) is 16.8. The molecular formula is C15H27Cl3N6O. The van der Waals surface area contributed by atoms with Crippen molar-refractivity contribution in [3.05, 3.63) is 18.5 Å². The van der Waals surface area contributed by atoms with Crippen LogP contribution in [0.15, 0.2) is 18.5 Å². The van der Waals surface area contributed by atoms with Crippen LogP contribution in [0, 0.1) is 0 Å². The van der Waals surface area contributed by atoms with E-state index in [1.54, 1.807) is 12.4 Å². The van der Waals surface area contributed by atoms with Crippen molar-refractivity contribution >= 4 is 49.1 Å². The van der Waals surface area contributed by atoms with Gasteiger partial charge in [0.05, 0.1) is 6.04 Å². The molecule has 3 rings (SSSR count). The van der Waals surface area contributed by atoms with Gasteiger partial charge in [0.15, 0.2) is 0 Å². The van der Waals surface area contributed by atoms with Gasteiger partial charge >= 0.3 is 0 Å². The van der Waals surface area contributed by atoms with E-state index in [9.17, 15) is 4.79 Å². The van der Waals surface area contributed by atoms with Crippen molar-refractivity contribution in [2.75, 3.05) is 57.3 Å². The Kier molecular flexibility index (Phi) is 11.3. The van der Waals surface area contributed by atoms with Crippen LogP contribution in [-0.2, 0) is 4.79 Å². The number of anilines is 1. The fraction of sp³-hybridized carbons (Fsp3) is 0.667. The SMILES string of the molecule is CC(C(=O)N1CCN(c2ncccn2)CC1)N1CCNCC1.Cl.Cl.Cl. The van der Waals surface area contributed by atoms with Crippen LogP contribution in [0.4, 0.5) is 5.95 Å². The topological polar surface area (TPSA) is 64.6 Å². The van der Waals surface area contributed by atoms with Crippen LogP contribution >= 0.6 is 37.2 Å². The van der Waals surface area contributed by atoms with Crippen molar-refractivity contribution in [3.8, 4) is 0 Å². The van der Waals surface area contributed by atoms with Gasteiger partial charge in [-0.2, -0.15) is 0 Å². The molecule has 144 valence electrons. The van der Waals surface area contributed by atoms with Gasteiger partial charge in [0.1, 0.15) is 0 Å². The molecule has 10 heteroatoms. The summed E-state index contributed by atoms with van der Waals surface area (Å²) in [7, 11) is 0. The van der Waals surface area contributed by atoms with Gasteiger partial charge in [-0.15, -0.1) is 37.2 Å². The van der Waals surface area contributed by atoms with Crippen molar-refractivity contribution < 1.29 is 4.79 Å². The molecule has 0 aliphatic carbocycles. The molecule has 0 radical (unpaired) electrons. The van der Waals surface area contributed by atoms with E-state index in [0.717, 1.165) is 58.3 Å². The second kappa shape index (κ2) is 11.7. The number of carbonyl (C=O) groups is 1. The minimum absolute atomic E-state index is 0. The predicted octanol–water partition coefficient (Wildman–Crippen LogP) is 0.684. The summed E-state index contributed by atoms with van der Waals surface area (Å²) in [6.45, 7) is 8.94. The van der Waals surface area contributed by atoms with Gasteiger partial charge < -0.3 is 15.1 Å². The number of aromatic nitrogens is 2. The molecule has 1 aromatic rings. The van der Waals surface area contributed by atoms with Gasteiger partial charge in [0.2, 0.25) is 11.9 Å². The van der Waals surface area contributed by atoms with E-state index >= 15 is 0 Å². The molecule has 0 saturated carbocycles. The minimum atomic E-state index is -0.0263. The largest absolute Gasteiger partial charge is 0.338 e. The fourth-order valence-electron chi connectivity index (χ4n) is 3.07. The van der Waals surface area contributed by atoms with E-state index in [-0.39, 0.29) is 49.2 Å². The van der Waals surface area contributed by atoms with Gasteiger partial charge in [-0.1, -0.05) is 0 Å². The van der Waals surface area contributed by atoms with Crippen LogP contribution in [0.5, 0.6) is 0 Å². The molecule has 0 spiro atoms. The van der Waals surface area contributed by atoms with Gasteiger partial charge in [0.25, 0.3) is 0 Å². The lowest BCUT2D eigenvalue weighted by Crippen LogP contribution is -2.57. The maximum atomic E-state index is 12.7. The minimum Gasteiger partial charge on any atom is -0.338 e. The second-order valence-electron chi connectivity index (χ2n) is 5.82. The Labute approximate surface area is 167 Å². The van der Waals surface area contributed by atoms with Crippen molar-refractivity contribution in [2.24, 2.45) is 0 Å². The molecule has 0 aromatic carbocycles. The Hall–Kier alpha value is -0.860. The second-order valence-corrected chi connectivity index (χ2v) is 5.82. The van der Waals surface area contributed by atoms with Crippen LogP contribution in [0.25, 0.3) is 0 Å². The quantitative estimate of drug-likeness (QED) is 0.786. The lowest BCUT2D eigenvalue weighted by Gasteiger charge is -2.39. The molecule has 2 saturated heterocycles. The average Bonchev–Trinajstić information content (AvgIpc) is 2.62. The Bertz CT molecular complexity index is 495. The Morgan fingerprint density at radius 1 is 1.00 bits per heavy atom. The van der Waals surface area contributed by atoms with Crippen LogP contribution in [-0.4, -0.2) is 84.1 Å². The molecular weight excluding hydrogens is 387 g/mol. The number of nitrogens with one attached hydrogen (secondary N) is 1. The summed E-state index contributed by atoms with van der Waals surface area (Å²) < 4.78 is 0. The summed E-state index contributed by atoms with van der Waals surface area (Å²) in [6.07, 6.45) is 3.51. The zero-order chi connectivity index (χ0) is 15.4. The summed E-state index contributed by atoms with van der Waals surface area (Å²) in [4.78, 5) is 27.6. The number of piperazine rings is 2. The molecule has 2 fully saturated rings. The fourth-order valence-corrected chi connectivity index (χ4v) is 3.07. The maximum absolute atomic E-state index is 12.7. The Morgan fingerprint density at radius 2 is 1.56 bits per heavy atom. The summed E-state index contributed by atoms with van der Waals surface area (Å²) >= 11 is 0. The van der Waals surface area contributed by atoms with E-state index < -0.39 is 0 Å². The number of rotatable bonds is 3. The number of carbonyl (C=O) groups excluding carboxylic acids is 1. The molecule has 1 aromatic heterocycles. The van der Waals surface area contributed by atoms with Crippen LogP contribution < -0.4 is 10.2 Å². The van der Waals surface area contributed by atoms with E-state index in [1.807, 2.05) is 17.9 Å². The predicted molar refractivity (Wildman–Crippen MR) is 106 cm³/mol. The normalized spacial score (nSPS) is 19.1. The average molecular weight is 414 g/mol. The maximum Gasteiger partial charge on any atom is 0.239 e. The van der Waals surface area contributed by atoms with Gasteiger partial charge in [-0.25, -0.2) is 9.97 Å². The number of amides is 1. The monoisotopic (exact) mass is 412 g/mol. The first-order valence-corrected chi connectivity index (χ1v) is 8.01. The summed E-state index contributed by atoms with van der Waals surface area (Å²) in [5.41, 5.74) is 0. The molecule has 25 heavy (non-hydrogen) atoms. The highest BCUT2D eigenvalue weighted by atomic mass is 35.5. The third kappa shape index (κ3) is 6.11. The first-order valence-electron chi connectivity index (χ1n) is 8.01. The van der Waals surface area contributed by atoms with Crippen molar-refractivity contribution in [2.45, 2.75) is 13.0 Å². The molecule has 1 N–H and O–H groups in total. The first-order chi connectivity index (χ1) is 10.8. The summed E-state index contributed by atoms with van der Waals surface area (Å²) in [6, 6.07) is 1.79. The summed E-state index contributed by atoms with van der Waals surface area (Å²) in [5.74, 6) is 1.00. The number of hydrogen-bond donors (Lipinski definition) is 1. The van der Waals surface area contributed by atoms with Gasteiger partial charge in [-0.05, 0) is 13.0 Å². The highest BCUT2D eigenvalue weighted by Gasteiger charge is 2.29.